The van der Waals surface area contributed by atoms with Gasteiger partial charge in [-0.05, 0) is 17.5 Å². The maximum Gasteiger partial charge on any atom is 0.274 e. The van der Waals surface area contributed by atoms with E-state index >= 15 is 0 Å². The van der Waals surface area contributed by atoms with Gasteiger partial charge in [0.25, 0.3) is 5.69 Å². The Labute approximate surface area is 141 Å². The molecule has 1 aromatic carbocycles. The van der Waals surface area contributed by atoms with Crippen LogP contribution in [-0.2, 0) is 11.3 Å². The molecule has 1 atom stereocenters. The van der Waals surface area contributed by atoms with E-state index in [-0.39, 0.29) is 30.0 Å². The zero-order valence-corrected chi connectivity index (χ0v) is 14.0. The van der Waals surface area contributed by atoms with Crippen molar-refractivity contribution in [1.82, 2.24) is 9.88 Å². The van der Waals surface area contributed by atoms with E-state index in [0.717, 1.165) is 5.56 Å². The van der Waals surface area contributed by atoms with Gasteiger partial charge in [0.15, 0.2) is 0 Å². The summed E-state index contributed by atoms with van der Waals surface area (Å²) in [6.45, 7) is 4.15. The summed E-state index contributed by atoms with van der Waals surface area (Å²) in [4.78, 5) is 29.2. The number of likely N-dealkylation sites (N-methyl/N-ethyl adjacent to an activating group) is 1. The molecule has 1 aromatic heterocycles. The second-order valence-corrected chi connectivity index (χ2v) is 6.09. The van der Waals surface area contributed by atoms with Gasteiger partial charge in [0.2, 0.25) is 5.91 Å². The Morgan fingerprint density at radius 2 is 1.96 bits per heavy atom. The summed E-state index contributed by atoms with van der Waals surface area (Å²) in [6.07, 6.45) is 3.36. The first-order valence-corrected chi connectivity index (χ1v) is 7.79. The minimum atomic E-state index is -0.422. The summed E-state index contributed by atoms with van der Waals surface area (Å²) < 4.78 is 0. The fraction of sp³-hybridized carbons (Fsp3) is 0.333. The Bertz CT molecular complexity index is 716. The molecule has 0 saturated heterocycles. The minimum absolute atomic E-state index is 0.0274. The number of hydrogen-bond donors (Lipinski definition) is 0. The Morgan fingerprint density at radius 3 is 2.54 bits per heavy atom. The lowest BCUT2D eigenvalue weighted by atomic mass is 9.88. The van der Waals surface area contributed by atoms with E-state index < -0.39 is 4.92 Å². The van der Waals surface area contributed by atoms with Crippen LogP contribution in [0.3, 0.4) is 0 Å². The van der Waals surface area contributed by atoms with E-state index in [1.165, 1.54) is 6.07 Å². The van der Waals surface area contributed by atoms with Gasteiger partial charge in [0.1, 0.15) is 0 Å². The second-order valence-electron chi connectivity index (χ2n) is 6.09. The molecular weight excluding hydrogens is 306 g/mol. The van der Waals surface area contributed by atoms with Gasteiger partial charge in [0, 0.05) is 31.1 Å². The number of amides is 1. The van der Waals surface area contributed by atoms with E-state index in [4.69, 9.17) is 0 Å². The van der Waals surface area contributed by atoms with Gasteiger partial charge in [-0.3, -0.25) is 19.9 Å². The highest BCUT2D eigenvalue weighted by Crippen LogP contribution is 2.27. The number of rotatable bonds is 6. The molecule has 126 valence electrons. The van der Waals surface area contributed by atoms with Crippen molar-refractivity contribution in [2.45, 2.75) is 26.3 Å². The molecule has 0 saturated carbocycles. The standard InChI is InChI=1S/C18H21N3O3/c1-13(2)17(14-8-6-10-19-11-14)18(22)20(3)12-15-7-4-5-9-16(15)21(23)24/h4-11,13,17H,12H2,1-3H3/t17-/m0/s1. The number of carbonyl (C=O) groups excluding carboxylic acids is 1. The van der Waals surface area contributed by atoms with Crippen LogP contribution in [0.25, 0.3) is 0 Å². The molecule has 0 aliphatic rings. The normalized spacial score (nSPS) is 12.0. The third-order valence-corrected chi connectivity index (χ3v) is 3.95. The third-order valence-electron chi connectivity index (χ3n) is 3.95. The van der Waals surface area contributed by atoms with Crippen molar-refractivity contribution in [2.75, 3.05) is 7.05 Å². The molecule has 0 radical (unpaired) electrons. The third kappa shape index (κ3) is 3.95. The second kappa shape index (κ2) is 7.68. The lowest BCUT2D eigenvalue weighted by Crippen LogP contribution is -2.33. The molecule has 0 N–H and O–H groups in total. The molecule has 0 spiro atoms. The molecule has 6 nitrogen and oxygen atoms in total. The van der Waals surface area contributed by atoms with Crippen LogP contribution in [0.1, 0.15) is 30.9 Å². The number of carbonyl (C=O) groups is 1. The van der Waals surface area contributed by atoms with Gasteiger partial charge in [-0.15, -0.1) is 0 Å². The number of aromatic nitrogens is 1. The molecule has 0 fully saturated rings. The molecule has 1 amide bonds. The largest absolute Gasteiger partial charge is 0.341 e. The van der Waals surface area contributed by atoms with Crippen molar-refractivity contribution in [2.24, 2.45) is 5.92 Å². The summed E-state index contributed by atoms with van der Waals surface area (Å²) in [6, 6.07) is 10.2. The number of nitro groups is 1. The number of nitrogens with zero attached hydrogens (tertiary/aromatic N) is 3. The van der Waals surface area contributed by atoms with Crippen LogP contribution in [0.15, 0.2) is 48.8 Å². The molecule has 0 bridgehead atoms. The number of para-hydroxylation sites is 1. The zero-order valence-electron chi connectivity index (χ0n) is 14.0. The SMILES string of the molecule is CC(C)[C@H](C(=O)N(C)Cc1ccccc1[N+](=O)[O-])c1cccnc1. The zero-order chi connectivity index (χ0) is 17.7. The van der Waals surface area contributed by atoms with Gasteiger partial charge in [0.05, 0.1) is 17.4 Å². The molecule has 1 heterocycles. The fourth-order valence-electron chi connectivity index (χ4n) is 2.77. The van der Waals surface area contributed by atoms with E-state index in [1.54, 1.807) is 48.6 Å². The van der Waals surface area contributed by atoms with E-state index in [1.807, 2.05) is 19.9 Å². The quantitative estimate of drug-likeness (QED) is 0.602. The average Bonchev–Trinajstić information content (AvgIpc) is 2.55. The van der Waals surface area contributed by atoms with E-state index in [0.29, 0.717) is 5.56 Å². The number of benzene rings is 1. The Morgan fingerprint density at radius 1 is 1.25 bits per heavy atom. The van der Waals surface area contributed by atoms with Crippen LogP contribution < -0.4 is 0 Å². The number of nitro benzene ring substituents is 1. The van der Waals surface area contributed by atoms with Crippen LogP contribution in [0.4, 0.5) is 5.69 Å². The first-order valence-electron chi connectivity index (χ1n) is 7.79. The van der Waals surface area contributed by atoms with Crippen LogP contribution in [0.2, 0.25) is 0 Å². The number of hydrogen-bond acceptors (Lipinski definition) is 4. The van der Waals surface area contributed by atoms with Gasteiger partial charge in [-0.25, -0.2) is 0 Å². The molecule has 0 aliphatic heterocycles. The lowest BCUT2D eigenvalue weighted by molar-refractivity contribution is -0.385. The van der Waals surface area contributed by atoms with Gasteiger partial charge in [-0.2, -0.15) is 0 Å². The maximum absolute atomic E-state index is 12.9. The summed E-state index contributed by atoms with van der Waals surface area (Å²) in [5.74, 6) is -0.308. The van der Waals surface area contributed by atoms with Crippen LogP contribution >= 0.6 is 0 Å². The lowest BCUT2D eigenvalue weighted by Gasteiger charge is -2.26. The smallest absolute Gasteiger partial charge is 0.274 e. The highest BCUT2D eigenvalue weighted by molar-refractivity contribution is 5.83. The maximum atomic E-state index is 12.9. The van der Waals surface area contributed by atoms with Crippen LogP contribution in [0, 0.1) is 16.0 Å². The van der Waals surface area contributed by atoms with Gasteiger partial charge >= 0.3 is 0 Å². The van der Waals surface area contributed by atoms with Crippen molar-refractivity contribution >= 4 is 11.6 Å². The van der Waals surface area contributed by atoms with Crippen LogP contribution in [-0.4, -0.2) is 27.8 Å². The Kier molecular flexibility index (Phi) is 5.63. The molecule has 2 aromatic rings. The predicted molar refractivity (Wildman–Crippen MR) is 91.4 cm³/mol. The minimum Gasteiger partial charge on any atom is -0.341 e. The number of pyridine rings is 1. The Balaban J connectivity index is 2.24. The Hall–Kier alpha value is -2.76. The van der Waals surface area contributed by atoms with Crippen molar-refractivity contribution in [3.05, 3.63) is 70.0 Å². The van der Waals surface area contributed by atoms with Crippen molar-refractivity contribution in [1.29, 1.82) is 0 Å². The fourth-order valence-corrected chi connectivity index (χ4v) is 2.77. The molecule has 2 rings (SSSR count). The summed E-state index contributed by atoms with van der Waals surface area (Å²) in [5, 5.41) is 11.1. The summed E-state index contributed by atoms with van der Waals surface area (Å²) in [5.41, 5.74) is 1.40. The van der Waals surface area contributed by atoms with Crippen LogP contribution in [0.5, 0.6) is 0 Å². The molecular formula is C18H21N3O3. The van der Waals surface area contributed by atoms with Gasteiger partial charge < -0.3 is 4.90 Å². The van der Waals surface area contributed by atoms with Crippen molar-refractivity contribution in [3.8, 4) is 0 Å². The molecule has 6 heteroatoms. The highest BCUT2D eigenvalue weighted by atomic mass is 16.6. The molecule has 24 heavy (non-hydrogen) atoms. The average molecular weight is 327 g/mol. The first kappa shape index (κ1) is 17.6. The van der Waals surface area contributed by atoms with Gasteiger partial charge in [-0.1, -0.05) is 38.1 Å². The highest BCUT2D eigenvalue weighted by Gasteiger charge is 2.28. The predicted octanol–water partition coefficient (Wildman–Crippen LogP) is 3.39. The monoisotopic (exact) mass is 327 g/mol. The molecule has 0 unspecified atom stereocenters. The van der Waals surface area contributed by atoms with Crippen molar-refractivity contribution in [3.63, 3.8) is 0 Å². The summed E-state index contributed by atoms with van der Waals surface area (Å²) >= 11 is 0. The van der Waals surface area contributed by atoms with E-state index in [2.05, 4.69) is 4.98 Å². The molecule has 0 aliphatic carbocycles. The topological polar surface area (TPSA) is 76.3 Å². The van der Waals surface area contributed by atoms with Crippen molar-refractivity contribution < 1.29 is 9.72 Å². The van der Waals surface area contributed by atoms with E-state index in [9.17, 15) is 14.9 Å². The summed E-state index contributed by atoms with van der Waals surface area (Å²) in [7, 11) is 1.67. The first-order chi connectivity index (χ1) is 11.4.